The summed E-state index contributed by atoms with van der Waals surface area (Å²) >= 11 is 0. The van der Waals surface area contributed by atoms with Gasteiger partial charge in [0.1, 0.15) is 24.4 Å². The lowest BCUT2D eigenvalue weighted by molar-refractivity contribution is -0.274. The molecule has 0 saturated heterocycles. The van der Waals surface area contributed by atoms with Crippen LogP contribution in [0.25, 0.3) is 11.1 Å². The maximum atomic E-state index is 12.5. The minimum absolute atomic E-state index is 0.0855. The molecule has 0 aromatic heterocycles. The molecule has 0 spiro atoms. The molecule has 138 valence electrons. The maximum Gasteiger partial charge on any atom is 0.573 e. The molecule has 3 aromatic rings. The van der Waals surface area contributed by atoms with Crippen LogP contribution < -0.4 is 9.47 Å². The van der Waals surface area contributed by atoms with Gasteiger partial charge in [0.05, 0.1) is 0 Å². The van der Waals surface area contributed by atoms with Crippen molar-refractivity contribution in [1.29, 1.82) is 0 Å². The first-order valence-electron chi connectivity index (χ1n) is 8.06. The molecule has 6 heteroatoms. The highest BCUT2D eigenvalue weighted by Crippen LogP contribution is 2.31. The van der Waals surface area contributed by atoms with Crippen molar-refractivity contribution in [3.63, 3.8) is 0 Å². The van der Waals surface area contributed by atoms with Gasteiger partial charge in [0.2, 0.25) is 0 Å². The Kier molecular flexibility index (Phi) is 5.45. The van der Waals surface area contributed by atoms with Crippen LogP contribution in [0.1, 0.15) is 15.9 Å². The van der Waals surface area contributed by atoms with E-state index in [1.807, 2.05) is 30.3 Å². The molecular formula is C21H15F3O3. The number of carbonyl (C=O) groups is 1. The predicted octanol–water partition coefficient (Wildman–Crippen LogP) is 5.64. The first-order valence-corrected chi connectivity index (χ1v) is 8.06. The van der Waals surface area contributed by atoms with E-state index in [1.54, 1.807) is 24.3 Å². The minimum Gasteiger partial charge on any atom is -0.489 e. The van der Waals surface area contributed by atoms with Crippen LogP contribution >= 0.6 is 0 Å². The van der Waals surface area contributed by atoms with Crippen molar-refractivity contribution in [2.24, 2.45) is 0 Å². The largest absolute Gasteiger partial charge is 0.573 e. The second-order valence-electron chi connectivity index (χ2n) is 5.76. The molecule has 3 nitrogen and oxygen atoms in total. The van der Waals surface area contributed by atoms with E-state index in [1.165, 1.54) is 12.1 Å². The highest BCUT2D eigenvalue weighted by atomic mass is 19.4. The Balaban J connectivity index is 1.85. The van der Waals surface area contributed by atoms with Gasteiger partial charge in [-0.25, -0.2) is 0 Å². The van der Waals surface area contributed by atoms with Crippen LogP contribution in [0.3, 0.4) is 0 Å². The van der Waals surface area contributed by atoms with Crippen LogP contribution in [0.2, 0.25) is 0 Å². The van der Waals surface area contributed by atoms with Crippen LogP contribution in [0, 0.1) is 0 Å². The number of alkyl halides is 3. The van der Waals surface area contributed by atoms with Gasteiger partial charge in [-0.2, -0.15) is 0 Å². The van der Waals surface area contributed by atoms with Gasteiger partial charge in [0.25, 0.3) is 0 Å². The van der Waals surface area contributed by atoms with Crippen molar-refractivity contribution in [2.45, 2.75) is 13.0 Å². The average Bonchev–Trinajstić information content (AvgIpc) is 2.66. The summed E-state index contributed by atoms with van der Waals surface area (Å²) in [4.78, 5) is 11.1. The molecule has 0 bridgehead atoms. The summed E-state index contributed by atoms with van der Waals surface area (Å²) in [6.45, 7) is 0.362. The van der Waals surface area contributed by atoms with Gasteiger partial charge in [-0.3, -0.25) is 4.79 Å². The smallest absolute Gasteiger partial charge is 0.489 e. The van der Waals surface area contributed by atoms with Crippen molar-refractivity contribution < 1.29 is 27.4 Å². The predicted molar refractivity (Wildman–Crippen MR) is 94.7 cm³/mol. The Bertz CT molecular complexity index is 921. The number of ether oxygens (including phenoxy) is 2. The van der Waals surface area contributed by atoms with Gasteiger partial charge in [-0.05, 0) is 47.0 Å². The summed E-state index contributed by atoms with van der Waals surface area (Å²) < 4.78 is 47.2. The third kappa shape index (κ3) is 5.34. The fourth-order valence-electron chi connectivity index (χ4n) is 2.56. The number of halogens is 3. The lowest BCUT2D eigenvalue weighted by atomic mass is 10.0. The molecule has 0 N–H and O–H groups in total. The SMILES string of the molecule is O=Cc1cc(OC(F)(F)F)cc(-c2cccc(OCc3ccccc3)c2)c1. The molecule has 0 amide bonds. The van der Waals surface area contributed by atoms with Gasteiger partial charge in [-0.1, -0.05) is 42.5 Å². The Morgan fingerprint density at radius 2 is 1.56 bits per heavy atom. The molecule has 27 heavy (non-hydrogen) atoms. The molecular weight excluding hydrogens is 357 g/mol. The highest BCUT2D eigenvalue weighted by Gasteiger charge is 2.31. The van der Waals surface area contributed by atoms with E-state index in [4.69, 9.17) is 4.74 Å². The first-order chi connectivity index (χ1) is 12.9. The molecule has 0 unspecified atom stereocenters. The molecule has 0 radical (unpaired) electrons. The topological polar surface area (TPSA) is 35.5 Å². The van der Waals surface area contributed by atoms with Crippen molar-refractivity contribution in [2.75, 3.05) is 0 Å². The number of benzene rings is 3. The number of hydrogen-bond donors (Lipinski definition) is 0. The third-order valence-electron chi connectivity index (χ3n) is 3.71. The highest BCUT2D eigenvalue weighted by molar-refractivity contribution is 5.80. The summed E-state index contributed by atoms with van der Waals surface area (Å²) in [6.07, 6.45) is -4.36. The second-order valence-corrected chi connectivity index (χ2v) is 5.76. The van der Waals surface area contributed by atoms with Crippen LogP contribution in [-0.2, 0) is 6.61 Å². The number of rotatable bonds is 6. The third-order valence-corrected chi connectivity index (χ3v) is 3.71. The maximum absolute atomic E-state index is 12.5. The van der Waals surface area contributed by atoms with Crippen LogP contribution in [0.15, 0.2) is 72.8 Å². The minimum atomic E-state index is -4.83. The molecule has 0 heterocycles. The summed E-state index contributed by atoms with van der Waals surface area (Å²) in [7, 11) is 0. The van der Waals surface area contributed by atoms with E-state index in [-0.39, 0.29) is 5.56 Å². The summed E-state index contributed by atoms with van der Waals surface area (Å²) in [6, 6.07) is 20.2. The molecule has 0 aliphatic carbocycles. The van der Waals surface area contributed by atoms with E-state index < -0.39 is 12.1 Å². The summed E-state index contributed by atoms with van der Waals surface area (Å²) in [5.41, 5.74) is 2.11. The van der Waals surface area contributed by atoms with Crippen LogP contribution in [0.5, 0.6) is 11.5 Å². The second kappa shape index (κ2) is 7.95. The van der Waals surface area contributed by atoms with E-state index >= 15 is 0 Å². The van der Waals surface area contributed by atoms with Gasteiger partial charge in [-0.15, -0.1) is 13.2 Å². The Hall–Kier alpha value is -3.28. The molecule has 0 aliphatic rings. The normalized spacial score (nSPS) is 11.1. The lowest BCUT2D eigenvalue weighted by Gasteiger charge is -2.12. The fourth-order valence-corrected chi connectivity index (χ4v) is 2.56. The number of aldehydes is 1. The summed E-state index contributed by atoms with van der Waals surface area (Å²) in [5.74, 6) is 0.115. The Morgan fingerprint density at radius 3 is 2.26 bits per heavy atom. The van der Waals surface area contributed by atoms with Crippen molar-refractivity contribution in [3.8, 4) is 22.6 Å². The molecule has 0 saturated carbocycles. The molecule has 0 fully saturated rings. The van der Waals surface area contributed by atoms with E-state index in [0.717, 1.165) is 11.6 Å². The van der Waals surface area contributed by atoms with Gasteiger partial charge < -0.3 is 9.47 Å². The monoisotopic (exact) mass is 372 g/mol. The lowest BCUT2D eigenvalue weighted by Crippen LogP contribution is -2.17. The Labute approximate surface area is 154 Å². The molecule has 0 aliphatic heterocycles. The van der Waals surface area contributed by atoms with Gasteiger partial charge in [0, 0.05) is 5.56 Å². The first kappa shape index (κ1) is 18.5. The Morgan fingerprint density at radius 1 is 0.815 bits per heavy atom. The zero-order chi connectivity index (χ0) is 19.3. The molecule has 0 atom stereocenters. The molecule has 3 aromatic carbocycles. The van der Waals surface area contributed by atoms with Gasteiger partial charge in [0.15, 0.2) is 0 Å². The van der Waals surface area contributed by atoms with Crippen molar-refractivity contribution in [1.82, 2.24) is 0 Å². The quantitative estimate of drug-likeness (QED) is 0.525. The standard InChI is InChI=1S/C21H15F3O3/c22-21(23,24)27-20-10-16(13-25)9-18(12-20)17-7-4-8-19(11-17)26-14-15-5-2-1-3-6-15/h1-13H,14H2. The number of hydrogen-bond acceptors (Lipinski definition) is 3. The van der Waals surface area contributed by atoms with E-state index in [2.05, 4.69) is 4.74 Å². The van der Waals surface area contributed by atoms with Gasteiger partial charge >= 0.3 is 6.36 Å². The van der Waals surface area contributed by atoms with Crippen LogP contribution in [0.4, 0.5) is 13.2 Å². The van der Waals surface area contributed by atoms with Crippen molar-refractivity contribution in [3.05, 3.63) is 83.9 Å². The molecule has 3 rings (SSSR count). The fraction of sp³-hybridized carbons (Fsp3) is 0.0952. The number of carbonyl (C=O) groups excluding carboxylic acids is 1. The average molecular weight is 372 g/mol. The zero-order valence-electron chi connectivity index (χ0n) is 14.1. The van der Waals surface area contributed by atoms with Crippen molar-refractivity contribution >= 4 is 6.29 Å². The van der Waals surface area contributed by atoms with E-state index in [0.29, 0.717) is 29.8 Å². The summed E-state index contributed by atoms with van der Waals surface area (Å²) in [5, 5.41) is 0. The van der Waals surface area contributed by atoms with Crippen LogP contribution in [-0.4, -0.2) is 12.6 Å². The van der Waals surface area contributed by atoms with E-state index in [9.17, 15) is 18.0 Å². The zero-order valence-corrected chi connectivity index (χ0v) is 14.1.